The van der Waals surface area contributed by atoms with Crippen LogP contribution in [-0.4, -0.2) is 35.0 Å². The van der Waals surface area contributed by atoms with E-state index in [0.29, 0.717) is 23.7 Å². The fraction of sp³-hybridized carbons (Fsp3) is 0.227. The Bertz CT molecular complexity index is 1150. The van der Waals surface area contributed by atoms with E-state index >= 15 is 0 Å². The lowest BCUT2D eigenvalue weighted by Gasteiger charge is -2.17. The largest absolute Gasteiger partial charge is 0.497 e. The van der Waals surface area contributed by atoms with E-state index in [1.165, 1.54) is 4.57 Å². The van der Waals surface area contributed by atoms with Gasteiger partial charge in [0.15, 0.2) is 0 Å². The number of nitrogens with zero attached hydrogens (tertiary/aromatic N) is 2. The Morgan fingerprint density at radius 2 is 1.90 bits per heavy atom. The van der Waals surface area contributed by atoms with Crippen LogP contribution in [0.2, 0.25) is 0 Å². The number of benzene rings is 2. The van der Waals surface area contributed by atoms with Crippen LogP contribution in [0.4, 0.5) is 11.4 Å². The molecule has 2 heterocycles. The molecule has 1 fully saturated rings. The smallest absolute Gasteiger partial charge is 0.330 e. The number of amides is 2. The van der Waals surface area contributed by atoms with Crippen molar-refractivity contribution in [3.8, 4) is 11.4 Å². The number of hydrogen-bond donors (Lipinski definition) is 2. The second kappa shape index (κ2) is 7.90. The van der Waals surface area contributed by atoms with Gasteiger partial charge in [-0.15, -0.1) is 0 Å². The molecule has 30 heavy (non-hydrogen) atoms. The van der Waals surface area contributed by atoms with Gasteiger partial charge in [-0.05, 0) is 49.4 Å². The number of rotatable bonds is 5. The summed E-state index contributed by atoms with van der Waals surface area (Å²) in [6.07, 6.45) is 1.78. The van der Waals surface area contributed by atoms with E-state index < -0.39 is 5.92 Å². The van der Waals surface area contributed by atoms with Crippen molar-refractivity contribution in [3.63, 3.8) is 0 Å². The van der Waals surface area contributed by atoms with Crippen LogP contribution in [0.25, 0.3) is 5.69 Å². The number of hydrogen-bond acceptors (Lipinski definition) is 4. The van der Waals surface area contributed by atoms with Crippen molar-refractivity contribution in [2.24, 2.45) is 5.92 Å². The highest BCUT2D eigenvalue weighted by Gasteiger charge is 2.35. The first-order chi connectivity index (χ1) is 14.5. The third kappa shape index (κ3) is 3.71. The minimum absolute atomic E-state index is 0.0939. The normalized spacial score (nSPS) is 16.0. The first kappa shape index (κ1) is 19.5. The van der Waals surface area contributed by atoms with Gasteiger partial charge in [0.1, 0.15) is 5.75 Å². The molecule has 4 rings (SSSR count). The fourth-order valence-electron chi connectivity index (χ4n) is 3.64. The first-order valence-corrected chi connectivity index (χ1v) is 9.59. The van der Waals surface area contributed by atoms with Gasteiger partial charge in [-0.1, -0.05) is 6.07 Å². The molecule has 2 N–H and O–H groups in total. The summed E-state index contributed by atoms with van der Waals surface area (Å²) in [5.41, 5.74) is 2.48. The van der Waals surface area contributed by atoms with Crippen molar-refractivity contribution < 1.29 is 14.3 Å². The van der Waals surface area contributed by atoms with Crippen molar-refractivity contribution in [2.45, 2.75) is 13.3 Å². The molecule has 8 nitrogen and oxygen atoms in total. The molecule has 0 unspecified atom stereocenters. The minimum atomic E-state index is -0.458. The maximum Gasteiger partial charge on any atom is 0.330 e. The summed E-state index contributed by atoms with van der Waals surface area (Å²) in [7, 11) is 1.58. The van der Waals surface area contributed by atoms with Crippen LogP contribution in [0.5, 0.6) is 5.75 Å². The Morgan fingerprint density at radius 3 is 2.57 bits per heavy atom. The van der Waals surface area contributed by atoms with Gasteiger partial charge in [0.25, 0.3) is 0 Å². The van der Waals surface area contributed by atoms with Crippen LogP contribution in [0.15, 0.2) is 59.5 Å². The van der Waals surface area contributed by atoms with Crippen molar-refractivity contribution in [1.29, 1.82) is 0 Å². The number of nitrogens with one attached hydrogen (secondary N) is 2. The maximum atomic E-state index is 12.8. The number of anilines is 2. The summed E-state index contributed by atoms with van der Waals surface area (Å²) in [5, 5.41) is 2.87. The van der Waals surface area contributed by atoms with Gasteiger partial charge in [-0.25, -0.2) is 4.79 Å². The number of imidazole rings is 1. The van der Waals surface area contributed by atoms with E-state index in [-0.39, 0.29) is 23.9 Å². The predicted molar refractivity (Wildman–Crippen MR) is 113 cm³/mol. The SMILES string of the molecule is COc1ccc(N2C[C@H](C(=O)Nc3cccc(-n4c(C)c[nH]c4=O)c3)CC2=O)cc1. The molecule has 0 aliphatic carbocycles. The van der Waals surface area contributed by atoms with Crippen molar-refractivity contribution >= 4 is 23.2 Å². The number of carbonyl (C=O) groups is 2. The minimum Gasteiger partial charge on any atom is -0.497 e. The molecule has 154 valence electrons. The molecule has 1 aliphatic heterocycles. The fourth-order valence-corrected chi connectivity index (χ4v) is 3.64. The number of aromatic nitrogens is 2. The van der Waals surface area contributed by atoms with Gasteiger partial charge in [0.05, 0.1) is 18.7 Å². The second-order valence-corrected chi connectivity index (χ2v) is 7.21. The molecule has 1 aliphatic rings. The van der Waals surface area contributed by atoms with Crippen molar-refractivity contribution in [3.05, 3.63) is 70.9 Å². The third-order valence-corrected chi connectivity index (χ3v) is 5.21. The Hall–Kier alpha value is -3.81. The number of ether oxygens (including phenoxy) is 1. The molecule has 0 spiro atoms. The molecule has 0 saturated carbocycles. The number of aryl methyl sites for hydroxylation is 1. The lowest BCUT2D eigenvalue weighted by Crippen LogP contribution is -2.28. The van der Waals surface area contributed by atoms with Crippen LogP contribution < -0.4 is 20.6 Å². The summed E-state index contributed by atoms with van der Waals surface area (Å²) < 4.78 is 6.67. The Labute approximate surface area is 173 Å². The highest BCUT2D eigenvalue weighted by atomic mass is 16.5. The van der Waals surface area contributed by atoms with Crippen molar-refractivity contribution in [2.75, 3.05) is 23.9 Å². The zero-order valence-electron chi connectivity index (χ0n) is 16.7. The first-order valence-electron chi connectivity index (χ1n) is 9.59. The molecule has 2 amide bonds. The summed E-state index contributed by atoms with van der Waals surface area (Å²) in [6, 6.07) is 14.2. The summed E-state index contributed by atoms with van der Waals surface area (Å²) in [6.45, 7) is 2.13. The maximum absolute atomic E-state index is 12.8. The molecule has 3 aromatic rings. The summed E-state index contributed by atoms with van der Waals surface area (Å²) in [5.74, 6) is -0.0745. The molecule has 1 saturated heterocycles. The van der Waals surface area contributed by atoms with Crippen LogP contribution >= 0.6 is 0 Å². The van der Waals surface area contributed by atoms with Crippen LogP contribution in [0.3, 0.4) is 0 Å². The van der Waals surface area contributed by atoms with E-state index in [4.69, 9.17) is 4.74 Å². The monoisotopic (exact) mass is 406 g/mol. The second-order valence-electron chi connectivity index (χ2n) is 7.21. The topological polar surface area (TPSA) is 96.4 Å². The highest BCUT2D eigenvalue weighted by Crippen LogP contribution is 2.27. The number of methoxy groups -OCH3 is 1. The van der Waals surface area contributed by atoms with E-state index in [1.54, 1.807) is 66.7 Å². The lowest BCUT2D eigenvalue weighted by atomic mass is 10.1. The Balaban J connectivity index is 1.47. The van der Waals surface area contributed by atoms with Crippen molar-refractivity contribution in [1.82, 2.24) is 9.55 Å². The number of carbonyl (C=O) groups excluding carboxylic acids is 2. The van der Waals surface area contributed by atoms with Crippen LogP contribution in [0.1, 0.15) is 12.1 Å². The van der Waals surface area contributed by atoms with Gasteiger partial charge < -0.3 is 19.9 Å². The van der Waals surface area contributed by atoms with Crippen LogP contribution in [-0.2, 0) is 9.59 Å². The zero-order chi connectivity index (χ0) is 21.3. The zero-order valence-corrected chi connectivity index (χ0v) is 16.7. The summed E-state index contributed by atoms with van der Waals surface area (Å²) >= 11 is 0. The third-order valence-electron chi connectivity index (χ3n) is 5.21. The Kier molecular flexibility index (Phi) is 5.14. The predicted octanol–water partition coefficient (Wildman–Crippen LogP) is 2.47. The number of H-pyrrole nitrogens is 1. The average molecular weight is 406 g/mol. The quantitative estimate of drug-likeness (QED) is 0.680. The highest BCUT2D eigenvalue weighted by molar-refractivity contribution is 6.03. The standard InChI is InChI=1S/C22H22N4O4/c1-14-12-23-22(29)26(14)18-5-3-4-16(11-18)24-21(28)15-10-20(27)25(13-15)17-6-8-19(30-2)9-7-17/h3-9,11-12,15H,10,13H2,1-2H3,(H,23,29)(H,24,28)/t15-/m1/s1. The average Bonchev–Trinajstić information content (AvgIpc) is 3.30. The molecular weight excluding hydrogens is 384 g/mol. The molecule has 0 bridgehead atoms. The number of aromatic amines is 1. The Morgan fingerprint density at radius 1 is 1.13 bits per heavy atom. The molecule has 8 heteroatoms. The van der Waals surface area contributed by atoms with Gasteiger partial charge >= 0.3 is 5.69 Å². The van der Waals surface area contributed by atoms with Crippen LogP contribution in [0, 0.1) is 12.8 Å². The lowest BCUT2D eigenvalue weighted by molar-refractivity contribution is -0.122. The molecule has 2 aromatic carbocycles. The van der Waals surface area contributed by atoms with E-state index in [9.17, 15) is 14.4 Å². The van der Waals surface area contributed by atoms with E-state index in [2.05, 4.69) is 10.3 Å². The van der Waals surface area contributed by atoms with E-state index in [1.807, 2.05) is 6.92 Å². The molecule has 1 atom stereocenters. The van der Waals surface area contributed by atoms with Gasteiger partial charge in [0, 0.05) is 36.2 Å². The van der Waals surface area contributed by atoms with Gasteiger partial charge in [-0.2, -0.15) is 0 Å². The van der Waals surface area contributed by atoms with Gasteiger partial charge in [0.2, 0.25) is 11.8 Å². The molecule has 1 aromatic heterocycles. The van der Waals surface area contributed by atoms with Gasteiger partial charge in [-0.3, -0.25) is 14.2 Å². The molecule has 0 radical (unpaired) electrons. The summed E-state index contributed by atoms with van der Waals surface area (Å²) in [4.78, 5) is 41.5. The molecular formula is C22H22N4O4. The van der Waals surface area contributed by atoms with E-state index in [0.717, 1.165) is 11.4 Å².